The zero-order chi connectivity index (χ0) is 42.2. The lowest BCUT2D eigenvalue weighted by atomic mass is 10.1. The molecule has 0 radical (unpaired) electrons. The lowest BCUT2D eigenvalue weighted by molar-refractivity contribution is -0.432. The summed E-state index contributed by atoms with van der Waals surface area (Å²) in [4.78, 5) is 6.75. The maximum absolute atomic E-state index is 12.5. The van der Waals surface area contributed by atoms with Crippen molar-refractivity contribution in [2.45, 2.75) is 24.5 Å². The van der Waals surface area contributed by atoms with Gasteiger partial charge in [0.2, 0.25) is 16.5 Å². The second-order valence-electron chi connectivity index (χ2n) is 10.5. The summed E-state index contributed by atoms with van der Waals surface area (Å²) < 4.78 is 140. The number of rotatable bonds is 13. The Morgan fingerprint density at radius 2 is 1.23 bits per heavy atom. The van der Waals surface area contributed by atoms with Crippen LogP contribution in [0, 0.1) is 0 Å². The zero-order valence-electron chi connectivity index (χ0n) is 26.9. The van der Waals surface area contributed by atoms with Gasteiger partial charge in [-0.1, -0.05) is 5.04 Å². The van der Waals surface area contributed by atoms with Crippen molar-refractivity contribution in [2.24, 2.45) is 20.5 Å². The number of nitrogens with zero attached hydrogens (tertiary/aromatic N) is 7. The number of phenols is 1. The van der Waals surface area contributed by atoms with E-state index in [4.69, 9.17) is 34.2 Å². The monoisotopic (exact) mass is 929 g/mol. The van der Waals surface area contributed by atoms with Crippen molar-refractivity contribution >= 4 is 127 Å². The van der Waals surface area contributed by atoms with E-state index in [0.717, 1.165) is 24.3 Å². The number of nitrogen functional groups attached to an aromatic ring is 1. The Balaban J connectivity index is 1.75. The SMILES string of the molecule is Nc1c(N=Nc2cc(S(=O)(=O)O)ccc2S(=O)(=O)O)c(S(=O)(=O)O)cc2cc(SOOO)c(N=Nc3cc(Nc4nc(Cl)nc(Cl)n4)ccc3S(=O)(=O)O)c(O)c12. The number of nitrogens with one attached hydrogen (secondary N) is 1. The molecule has 32 heteroatoms. The Bertz CT molecular complexity index is 2970. The molecule has 0 fully saturated rings. The molecule has 5 aromatic rings. The Labute approximate surface area is 332 Å². The van der Waals surface area contributed by atoms with Crippen molar-refractivity contribution in [3.8, 4) is 5.75 Å². The molecule has 0 saturated carbocycles. The molecule has 0 bridgehead atoms. The topological polar surface area (TPSA) is 403 Å². The van der Waals surface area contributed by atoms with E-state index in [-0.39, 0.29) is 44.5 Å². The van der Waals surface area contributed by atoms with Gasteiger partial charge in [-0.15, -0.1) is 24.8 Å². The third kappa shape index (κ3) is 10.0. The minimum absolute atomic E-state index is 0.000277. The highest BCUT2D eigenvalue weighted by Gasteiger charge is 2.27. The smallest absolute Gasteiger partial charge is 0.296 e. The van der Waals surface area contributed by atoms with Gasteiger partial charge in [-0.25, -0.2) is 5.26 Å². The van der Waals surface area contributed by atoms with Crippen LogP contribution in [0.2, 0.25) is 10.6 Å². The molecule has 0 amide bonds. The molecule has 57 heavy (non-hydrogen) atoms. The fourth-order valence-electron chi connectivity index (χ4n) is 4.59. The summed E-state index contributed by atoms with van der Waals surface area (Å²) >= 11 is 11.7. The van der Waals surface area contributed by atoms with Gasteiger partial charge in [-0.2, -0.15) is 48.6 Å². The summed E-state index contributed by atoms with van der Waals surface area (Å²) in [7, 11) is -20.6. The summed E-state index contributed by atoms with van der Waals surface area (Å²) in [6.45, 7) is 0. The lowest BCUT2D eigenvalue weighted by Gasteiger charge is -2.14. The van der Waals surface area contributed by atoms with E-state index in [2.05, 4.69) is 50.1 Å². The Morgan fingerprint density at radius 1 is 0.684 bits per heavy atom. The highest BCUT2D eigenvalue weighted by atomic mass is 35.5. The number of benzene rings is 4. The summed E-state index contributed by atoms with van der Waals surface area (Å²) in [5.41, 5.74) is 2.02. The van der Waals surface area contributed by atoms with Crippen LogP contribution in [0.25, 0.3) is 10.8 Å². The first kappa shape index (κ1) is 43.3. The fraction of sp³-hybridized carbons (Fsp3) is 0. The molecule has 1 aromatic heterocycles. The van der Waals surface area contributed by atoms with Crippen LogP contribution in [0.5, 0.6) is 5.75 Å². The van der Waals surface area contributed by atoms with Gasteiger partial charge in [-0.3, -0.25) is 18.2 Å². The van der Waals surface area contributed by atoms with E-state index in [9.17, 15) is 57.0 Å². The molecule has 25 nitrogen and oxygen atoms in total. The summed E-state index contributed by atoms with van der Waals surface area (Å²) in [6, 6.07) is 6.15. The summed E-state index contributed by atoms with van der Waals surface area (Å²) in [6.07, 6.45) is 0. The number of fused-ring (bicyclic) bond motifs is 1. The molecule has 9 N–H and O–H groups in total. The van der Waals surface area contributed by atoms with Gasteiger partial charge in [0.15, 0.2) is 5.75 Å². The quantitative estimate of drug-likeness (QED) is 0.0177. The van der Waals surface area contributed by atoms with Crippen molar-refractivity contribution in [1.82, 2.24) is 15.0 Å². The average Bonchev–Trinajstić information content (AvgIpc) is 3.07. The van der Waals surface area contributed by atoms with Gasteiger partial charge in [0.1, 0.15) is 37.4 Å². The number of aromatic hydroxyl groups is 1. The van der Waals surface area contributed by atoms with Crippen molar-refractivity contribution in [1.29, 1.82) is 0 Å². The van der Waals surface area contributed by atoms with Crippen LogP contribution in [0.4, 0.5) is 40.1 Å². The van der Waals surface area contributed by atoms with Crippen molar-refractivity contribution in [3.63, 3.8) is 0 Å². The molecule has 0 atom stereocenters. The minimum atomic E-state index is -5.35. The maximum atomic E-state index is 12.5. The van der Waals surface area contributed by atoms with E-state index in [0.29, 0.717) is 24.3 Å². The molecule has 0 unspecified atom stereocenters. The normalized spacial score (nSPS) is 12.9. The predicted molar refractivity (Wildman–Crippen MR) is 194 cm³/mol. The van der Waals surface area contributed by atoms with Gasteiger partial charge in [0, 0.05) is 5.69 Å². The van der Waals surface area contributed by atoms with Gasteiger partial charge >= 0.3 is 0 Å². The first-order chi connectivity index (χ1) is 26.4. The fourth-order valence-corrected chi connectivity index (χ4v) is 7.83. The van der Waals surface area contributed by atoms with Gasteiger partial charge < -0.3 is 16.2 Å². The lowest BCUT2D eigenvalue weighted by Crippen LogP contribution is -2.03. The Morgan fingerprint density at radius 3 is 1.77 bits per heavy atom. The standard InChI is InChI=1S/C25H17Cl2N9O16S5/c26-23-30-24(27)32-25(31-23)29-10-1-3-15(55(42,43)44)12(7-10)33-35-20-14(53-52-51-38)5-9-6-17(57(48,49)50)21(19(28)18(9)22(20)37)36-34-13-8-11(54(39,40)41)2-4-16(13)56(45,46)47/h1-8,37-38H,28H2,(H,39,40,41)(H,42,43,44)(H,45,46,47)(H,48,49,50)(H,29,30,31,32). The molecule has 0 aliphatic carbocycles. The third-order valence-electron chi connectivity index (χ3n) is 6.84. The van der Waals surface area contributed by atoms with Gasteiger partial charge in [0.05, 0.1) is 32.9 Å². The molecule has 4 aromatic carbocycles. The van der Waals surface area contributed by atoms with E-state index in [1.54, 1.807) is 0 Å². The van der Waals surface area contributed by atoms with Crippen LogP contribution in [-0.4, -0.2) is 77.2 Å². The van der Waals surface area contributed by atoms with Crippen LogP contribution in [0.15, 0.2) is 93.5 Å². The van der Waals surface area contributed by atoms with E-state index < -0.39 is 99.6 Å². The Hall–Kier alpha value is -4.80. The van der Waals surface area contributed by atoms with Crippen molar-refractivity contribution < 1.29 is 71.6 Å². The molecule has 1 heterocycles. The third-order valence-corrected chi connectivity index (χ3v) is 11.3. The van der Waals surface area contributed by atoms with E-state index >= 15 is 0 Å². The predicted octanol–water partition coefficient (Wildman–Crippen LogP) is 5.61. The van der Waals surface area contributed by atoms with E-state index in [1.165, 1.54) is 0 Å². The highest BCUT2D eigenvalue weighted by molar-refractivity contribution is 7.94. The Kier molecular flexibility index (Phi) is 12.3. The zero-order valence-corrected chi connectivity index (χ0v) is 32.5. The number of halogens is 2. The first-order valence-corrected chi connectivity index (χ1v) is 21.3. The second kappa shape index (κ2) is 16.2. The molecule has 0 saturated heterocycles. The van der Waals surface area contributed by atoms with E-state index in [1.807, 2.05) is 0 Å². The molecule has 302 valence electrons. The number of hydrogen-bond donors (Lipinski definition) is 8. The number of hydrogen-bond acceptors (Lipinski definition) is 22. The molecular formula is C25H17Cl2N9O16S5. The molecule has 0 aliphatic heterocycles. The first-order valence-electron chi connectivity index (χ1n) is 14.0. The molecule has 0 aliphatic rings. The molecule has 0 spiro atoms. The minimum Gasteiger partial charge on any atom is -0.505 e. The summed E-state index contributed by atoms with van der Waals surface area (Å²) in [5, 5.41) is 39.6. The van der Waals surface area contributed by atoms with Crippen molar-refractivity contribution in [3.05, 3.63) is 59.1 Å². The van der Waals surface area contributed by atoms with Gasteiger partial charge in [0.25, 0.3) is 40.5 Å². The van der Waals surface area contributed by atoms with Crippen LogP contribution < -0.4 is 11.1 Å². The largest absolute Gasteiger partial charge is 0.505 e. The van der Waals surface area contributed by atoms with Crippen LogP contribution >= 0.6 is 35.2 Å². The maximum Gasteiger partial charge on any atom is 0.296 e. The number of nitrogens with two attached hydrogens (primary N) is 1. The van der Waals surface area contributed by atoms with Crippen LogP contribution in [-0.2, 0) is 49.8 Å². The number of phenolic OH excluding ortho intramolecular Hbond substituents is 1. The second-order valence-corrected chi connectivity index (χ2v) is 17.5. The molecule has 5 rings (SSSR count). The molecular weight excluding hydrogens is 914 g/mol. The van der Waals surface area contributed by atoms with Crippen molar-refractivity contribution in [2.75, 3.05) is 11.1 Å². The highest BCUT2D eigenvalue weighted by Crippen LogP contribution is 2.50. The number of aromatic nitrogens is 3. The van der Waals surface area contributed by atoms with Crippen LogP contribution in [0.1, 0.15) is 0 Å². The average molecular weight is 931 g/mol. The van der Waals surface area contributed by atoms with Crippen LogP contribution in [0.3, 0.4) is 0 Å². The van der Waals surface area contributed by atoms with Gasteiger partial charge in [-0.05, 0) is 77.1 Å². The number of anilines is 3. The number of azo groups is 2. The summed E-state index contributed by atoms with van der Waals surface area (Å²) in [5.74, 6) is -1.25.